The van der Waals surface area contributed by atoms with Crippen molar-refractivity contribution in [2.24, 2.45) is 0 Å². The number of hydrogen-bond acceptors (Lipinski definition) is 6. The molecule has 1 aromatic carbocycles. The lowest BCUT2D eigenvalue weighted by Gasteiger charge is -2.12. The van der Waals surface area contributed by atoms with Crippen molar-refractivity contribution in [3.8, 4) is 0 Å². The van der Waals surface area contributed by atoms with Crippen LogP contribution in [0.5, 0.6) is 0 Å². The maximum Gasteiger partial charge on any atom is 0.300 e. The summed E-state index contributed by atoms with van der Waals surface area (Å²) in [6.07, 6.45) is 0. The van der Waals surface area contributed by atoms with E-state index in [1.807, 2.05) is 0 Å². The topological polar surface area (TPSA) is 102 Å². The van der Waals surface area contributed by atoms with Gasteiger partial charge in [0.2, 0.25) is 0 Å². The number of nitro groups is 2. The summed E-state index contributed by atoms with van der Waals surface area (Å²) in [5.41, 5.74) is 2.26. The Hall–Kier alpha value is -2.22. The van der Waals surface area contributed by atoms with Gasteiger partial charge in [0, 0.05) is 20.2 Å². The normalized spacial score (nSPS) is 10.2. The van der Waals surface area contributed by atoms with Gasteiger partial charge in [-0.05, 0) is 6.07 Å². The molecule has 0 saturated carbocycles. The van der Waals surface area contributed by atoms with E-state index in [0.717, 1.165) is 6.07 Å². The number of non-ortho nitro benzene ring substituents is 1. The lowest BCUT2D eigenvalue weighted by Crippen LogP contribution is -2.20. The molecule has 0 unspecified atom stereocenters. The van der Waals surface area contributed by atoms with E-state index in [9.17, 15) is 20.2 Å². The Kier molecular flexibility index (Phi) is 3.36. The second kappa shape index (κ2) is 4.53. The van der Waals surface area contributed by atoms with Gasteiger partial charge < -0.3 is 5.43 Å². The van der Waals surface area contributed by atoms with E-state index in [1.54, 1.807) is 14.1 Å². The first kappa shape index (κ1) is 11.9. The van der Waals surface area contributed by atoms with Crippen LogP contribution in [0.4, 0.5) is 17.1 Å². The number of hydrazine groups is 1. The fourth-order valence-electron chi connectivity index (χ4n) is 1.12. The van der Waals surface area contributed by atoms with Crippen LogP contribution in [0, 0.1) is 20.2 Å². The van der Waals surface area contributed by atoms with Gasteiger partial charge in [0.05, 0.1) is 15.9 Å². The van der Waals surface area contributed by atoms with E-state index >= 15 is 0 Å². The highest BCUT2D eigenvalue weighted by atomic mass is 16.6. The molecule has 0 spiro atoms. The number of anilines is 1. The summed E-state index contributed by atoms with van der Waals surface area (Å²) in [6, 6.07) is 3.43. The van der Waals surface area contributed by atoms with Crippen LogP contribution in [-0.4, -0.2) is 29.0 Å². The number of benzene rings is 1. The maximum absolute atomic E-state index is 10.7. The van der Waals surface area contributed by atoms with Crippen molar-refractivity contribution in [1.82, 2.24) is 5.01 Å². The summed E-state index contributed by atoms with van der Waals surface area (Å²) in [5.74, 6) is 0. The van der Waals surface area contributed by atoms with Gasteiger partial charge in [0.1, 0.15) is 5.69 Å². The monoisotopic (exact) mass is 226 g/mol. The van der Waals surface area contributed by atoms with Gasteiger partial charge in [-0.1, -0.05) is 0 Å². The van der Waals surface area contributed by atoms with Crippen molar-refractivity contribution in [2.45, 2.75) is 0 Å². The molecule has 1 aromatic rings. The molecule has 8 heteroatoms. The number of rotatable bonds is 4. The smallest absolute Gasteiger partial charge is 0.300 e. The minimum atomic E-state index is -0.674. The van der Waals surface area contributed by atoms with E-state index in [2.05, 4.69) is 5.43 Å². The molecule has 1 N–H and O–H groups in total. The molecule has 0 radical (unpaired) electrons. The molecule has 0 aromatic heterocycles. The van der Waals surface area contributed by atoms with Crippen LogP contribution in [0.2, 0.25) is 0 Å². The standard InChI is InChI=1S/C8H10N4O4/c1-10(2)9-7-4-3-6(11(13)14)5-8(7)12(15)16/h3-5,9H,1-2H3. The highest BCUT2D eigenvalue weighted by Gasteiger charge is 2.19. The molecular formula is C8H10N4O4. The summed E-state index contributed by atoms with van der Waals surface area (Å²) < 4.78 is 0. The SMILES string of the molecule is CN(C)Nc1ccc([N+](=O)[O-])cc1[N+](=O)[O-]. The average Bonchev–Trinajstić information content (AvgIpc) is 2.16. The predicted octanol–water partition coefficient (Wildman–Crippen LogP) is 1.39. The minimum Gasteiger partial charge on any atom is -0.313 e. The van der Waals surface area contributed by atoms with Crippen molar-refractivity contribution >= 4 is 17.1 Å². The summed E-state index contributed by atoms with van der Waals surface area (Å²) in [4.78, 5) is 19.8. The van der Waals surface area contributed by atoms with Crippen LogP contribution >= 0.6 is 0 Å². The third-order valence-corrected chi connectivity index (χ3v) is 1.73. The molecule has 0 saturated heterocycles. The fraction of sp³-hybridized carbons (Fsp3) is 0.250. The molecular weight excluding hydrogens is 216 g/mol. The van der Waals surface area contributed by atoms with Gasteiger partial charge in [-0.3, -0.25) is 20.2 Å². The first-order valence-corrected chi connectivity index (χ1v) is 4.28. The second-order valence-corrected chi connectivity index (χ2v) is 3.22. The van der Waals surface area contributed by atoms with E-state index < -0.39 is 9.85 Å². The Labute approximate surface area is 90.7 Å². The Balaban J connectivity index is 3.19. The van der Waals surface area contributed by atoms with Crippen molar-refractivity contribution < 1.29 is 9.85 Å². The summed E-state index contributed by atoms with van der Waals surface area (Å²) in [7, 11) is 3.32. The van der Waals surface area contributed by atoms with Crippen molar-refractivity contribution in [3.05, 3.63) is 38.4 Å². The van der Waals surface area contributed by atoms with Crippen LogP contribution in [0.15, 0.2) is 18.2 Å². The molecule has 1 rings (SSSR count). The molecule has 0 atom stereocenters. The number of nitrogens with zero attached hydrogens (tertiary/aromatic N) is 3. The zero-order chi connectivity index (χ0) is 12.3. The average molecular weight is 226 g/mol. The van der Waals surface area contributed by atoms with Crippen LogP contribution in [0.3, 0.4) is 0 Å². The molecule has 0 heterocycles. The van der Waals surface area contributed by atoms with E-state index in [-0.39, 0.29) is 17.1 Å². The Morgan fingerprint density at radius 2 is 1.81 bits per heavy atom. The van der Waals surface area contributed by atoms with Crippen LogP contribution in [-0.2, 0) is 0 Å². The largest absolute Gasteiger partial charge is 0.313 e. The van der Waals surface area contributed by atoms with E-state index in [1.165, 1.54) is 17.1 Å². The van der Waals surface area contributed by atoms with Crippen molar-refractivity contribution in [2.75, 3.05) is 19.5 Å². The first-order valence-electron chi connectivity index (χ1n) is 4.28. The zero-order valence-electron chi connectivity index (χ0n) is 8.71. The highest BCUT2D eigenvalue weighted by molar-refractivity contribution is 5.64. The Bertz CT molecular complexity index is 432. The molecule has 0 aliphatic heterocycles. The van der Waals surface area contributed by atoms with Crippen LogP contribution in [0.1, 0.15) is 0 Å². The van der Waals surface area contributed by atoms with Gasteiger partial charge >= 0.3 is 5.69 Å². The quantitative estimate of drug-likeness (QED) is 0.614. The second-order valence-electron chi connectivity index (χ2n) is 3.22. The lowest BCUT2D eigenvalue weighted by atomic mass is 10.2. The lowest BCUT2D eigenvalue weighted by molar-refractivity contribution is -0.393. The number of nitro benzene ring substituents is 2. The molecule has 0 fully saturated rings. The molecule has 8 nitrogen and oxygen atoms in total. The third-order valence-electron chi connectivity index (χ3n) is 1.73. The van der Waals surface area contributed by atoms with Gasteiger partial charge in [0.15, 0.2) is 0 Å². The molecule has 0 amide bonds. The molecule has 16 heavy (non-hydrogen) atoms. The van der Waals surface area contributed by atoms with Gasteiger partial charge in [-0.25, -0.2) is 5.01 Å². The number of nitrogens with one attached hydrogen (secondary N) is 1. The third kappa shape index (κ3) is 2.64. The molecule has 0 aliphatic carbocycles. The van der Waals surface area contributed by atoms with Crippen molar-refractivity contribution in [3.63, 3.8) is 0 Å². The fourth-order valence-corrected chi connectivity index (χ4v) is 1.12. The Morgan fingerprint density at radius 3 is 2.25 bits per heavy atom. The van der Waals surface area contributed by atoms with Crippen LogP contribution < -0.4 is 5.43 Å². The zero-order valence-corrected chi connectivity index (χ0v) is 8.71. The van der Waals surface area contributed by atoms with Gasteiger partial charge in [-0.15, -0.1) is 0 Å². The summed E-state index contributed by atoms with van der Waals surface area (Å²) in [5, 5.41) is 22.7. The molecule has 0 aliphatic rings. The van der Waals surface area contributed by atoms with Gasteiger partial charge in [-0.2, -0.15) is 0 Å². The molecule has 86 valence electrons. The summed E-state index contributed by atoms with van der Waals surface area (Å²) >= 11 is 0. The summed E-state index contributed by atoms with van der Waals surface area (Å²) in [6.45, 7) is 0. The predicted molar refractivity (Wildman–Crippen MR) is 57.1 cm³/mol. The Morgan fingerprint density at radius 1 is 1.19 bits per heavy atom. The van der Waals surface area contributed by atoms with E-state index in [4.69, 9.17) is 0 Å². The highest BCUT2D eigenvalue weighted by Crippen LogP contribution is 2.28. The minimum absolute atomic E-state index is 0.209. The first-order chi connectivity index (χ1) is 7.41. The van der Waals surface area contributed by atoms with E-state index in [0.29, 0.717) is 0 Å². The molecule has 0 bridgehead atoms. The van der Waals surface area contributed by atoms with Crippen molar-refractivity contribution in [1.29, 1.82) is 0 Å². The number of hydrogen-bond donors (Lipinski definition) is 1. The van der Waals surface area contributed by atoms with Crippen LogP contribution in [0.25, 0.3) is 0 Å². The van der Waals surface area contributed by atoms with Gasteiger partial charge in [0.25, 0.3) is 5.69 Å². The maximum atomic E-state index is 10.7.